The summed E-state index contributed by atoms with van der Waals surface area (Å²) in [5.74, 6) is 0.961. The van der Waals surface area contributed by atoms with Gasteiger partial charge in [-0.05, 0) is 26.0 Å². The number of para-hydroxylation sites is 2. The van der Waals surface area contributed by atoms with Crippen molar-refractivity contribution in [1.82, 2.24) is 20.3 Å². The normalized spacial score (nSPS) is 14.6. The number of benzene rings is 1. The molecule has 0 bridgehead atoms. The van der Waals surface area contributed by atoms with Crippen molar-refractivity contribution in [2.75, 3.05) is 0 Å². The Labute approximate surface area is 115 Å². The number of nitrogens with zero attached hydrogens (tertiary/aromatic N) is 2. The fraction of sp³-hybridized carbons (Fsp3) is 0.286. The van der Waals surface area contributed by atoms with E-state index in [2.05, 4.69) is 39.5 Å². The van der Waals surface area contributed by atoms with E-state index in [1.165, 1.54) is 0 Å². The fourth-order valence-corrected chi connectivity index (χ4v) is 2.80. The third kappa shape index (κ3) is 2.52. The molecule has 0 radical (unpaired) electrons. The molecule has 0 spiro atoms. The molecule has 2 heterocycles. The maximum absolute atomic E-state index is 4.61. The van der Waals surface area contributed by atoms with Crippen LogP contribution in [0.5, 0.6) is 0 Å². The van der Waals surface area contributed by atoms with Gasteiger partial charge in [0, 0.05) is 11.4 Å². The number of hydrogen-bond acceptors (Lipinski definition) is 4. The Balaban J connectivity index is 1.78. The van der Waals surface area contributed by atoms with Crippen LogP contribution in [0.3, 0.4) is 0 Å². The van der Waals surface area contributed by atoms with E-state index in [0.717, 1.165) is 22.6 Å². The first kappa shape index (κ1) is 12.3. The quantitative estimate of drug-likeness (QED) is 0.765. The number of nitrogens with one attached hydrogen (secondary N) is 2. The average molecular weight is 272 g/mol. The first-order chi connectivity index (χ1) is 9.24. The number of imidazole rings is 1. The third-order valence-corrected chi connectivity index (χ3v) is 3.82. The summed E-state index contributed by atoms with van der Waals surface area (Å²) in [7, 11) is 0. The minimum atomic E-state index is 0.157. The number of aromatic amines is 1. The Kier molecular flexibility index (Phi) is 3.31. The van der Waals surface area contributed by atoms with E-state index >= 15 is 0 Å². The van der Waals surface area contributed by atoms with Crippen molar-refractivity contribution in [3.8, 4) is 0 Å². The maximum atomic E-state index is 4.61. The molecule has 5 heteroatoms. The van der Waals surface area contributed by atoms with Gasteiger partial charge in [-0.15, -0.1) is 11.3 Å². The van der Waals surface area contributed by atoms with Crippen LogP contribution in [0, 0.1) is 0 Å². The third-order valence-electron chi connectivity index (χ3n) is 3.21. The van der Waals surface area contributed by atoms with E-state index in [0.29, 0.717) is 0 Å². The molecule has 19 heavy (non-hydrogen) atoms. The second kappa shape index (κ2) is 5.11. The second-order valence-electron chi connectivity index (χ2n) is 4.66. The summed E-state index contributed by atoms with van der Waals surface area (Å²) in [4.78, 5) is 12.3. The minimum absolute atomic E-state index is 0.157. The van der Waals surface area contributed by atoms with Crippen LogP contribution in [-0.2, 0) is 0 Å². The van der Waals surface area contributed by atoms with E-state index in [1.807, 2.05) is 29.8 Å². The van der Waals surface area contributed by atoms with Crippen LogP contribution in [-0.4, -0.2) is 15.0 Å². The van der Waals surface area contributed by atoms with Gasteiger partial charge in [-0.2, -0.15) is 0 Å². The molecule has 0 aliphatic heterocycles. The molecule has 4 nitrogen and oxygen atoms in total. The SMILES string of the molecule is CC(NC(C)c1nc2ccccc2[nH]1)c1cscn1. The smallest absolute Gasteiger partial charge is 0.124 e. The molecule has 2 aromatic heterocycles. The number of H-pyrrole nitrogens is 1. The van der Waals surface area contributed by atoms with Crippen LogP contribution >= 0.6 is 11.3 Å². The number of aromatic nitrogens is 3. The lowest BCUT2D eigenvalue weighted by Crippen LogP contribution is -2.23. The molecule has 0 fully saturated rings. The molecule has 0 saturated carbocycles. The Hall–Kier alpha value is -1.72. The predicted octanol–water partition coefficient (Wildman–Crippen LogP) is 3.43. The van der Waals surface area contributed by atoms with Crippen molar-refractivity contribution in [1.29, 1.82) is 0 Å². The van der Waals surface area contributed by atoms with Crippen molar-refractivity contribution in [2.24, 2.45) is 0 Å². The van der Waals surface area contributed by atoms with Crippen molar-refractivity contribution in [3.05, 3.63) is 46.7 Å². The summed E-state index contributed by atoms with van der Waals surface area (Å²) in [6.07, 6.45) is 0. The summed E-state index contributed by atoms with van der Waals surface area (Å²) in [5.41, 5.74) is 5.02. The molecule has 0 aliphatic rings. The largest absolute Gasteiger partial charge is 0.341 e. The van der Waals surface area contributed by atoms with Gasteiger partial charge in [-0.1, -0.05) is 12.1 Å². The first-order valence-electron chi connectivity index (χ1n) is 6.33. The molecule has 2 N–H and O–H groups in total. The van der Waals surface area contributed by atoms with E-state index in [9.17, 15) is 0 Å². The molecule has 1 aromatic carbocycles. The zero-order valence-electron chi connectivity index (χ0n) is 10.9. The minimum Gasteiger partial charge on any atom is -0.341 e. The van der Waals surface area contributed by atoms with Gasteiger partial charge in [0.15, 0.2) is 0 Å². The first-order valence-corrected chi connectivity index (χ1v) is 7.27. The van der Waals surface area contributed by atoms with Gasteiger partial charge < -0.3 is 4.98 Å². The molecule has 0 aliphatic carbocycles. The zero-order valence-corrected chi connectivity index (χ0v) is 11.7. The van der Waals surface area contributed by atoms with Gasteiger partial charge in [0.05, 0.1) is 28.3 Å². The van der Waals surface area contributed by atoms with Crippen LogP contribution in [0.15, 0.2) is 35.2 Å². The Morgan fingerprint density at radius 2 is 2.05 bits per heavy atom. The summed E-state index contributed by atoms with van der Waals surface area (Å²) < 4.78 is 0. The lowest BCUT2D eigenvalue weighted by atomic mass is 10.2. The summed E-state index contributed by atoms with van der Waals surface area (Å²) in [6, 6.07) is 8.45. The highest BCUT2D eigenvalue weighted by molar-refractivity contribution is 7.07. The molecular weight excluding hydrogens is 256 g/mol. The van der Waals surface area contributed by atoms with Gasteiger partial charge >= 0.3 is 0 Å². The highest BCUT2D eigenvalue weighted by Gasteiger charge is 2.15. The molecule has 2 unspecified atom stereocenters. The van der Waals surface area contributed by atoms with Gasteiger partial charge in [0.25, 0.3) is 0 Å². The van der Waals surface area contributed by atoms with Crippen LogP contribution in [0.4, 0.5) is 0 Å². The Morgan fingerprint density at radius 1 is 1.21 bits per heavy atom. The van der Waals surface area contributed by atoms with Crippen LogP contribution in [0.1, 0.15) is 37.4 Å². The van der Waals surface area contributed by atoms with Crippen LogP contribution < -0.4 is 5.32 Å². The Morgan fingerprint density at radius 3 is 2.79 bits per heavy atom. The van der Waals surface area contributed by atoms with Crippen LogP contribution in [0.25, 0.3) is 11.0 Å². The van der Waals surface area contributed by atoms with Crippen molar-refractivity contribution < 1.29 is 0 Å². The van der Waals surface area contributed by atoms with Gasteiger partial charge in [-0.3, -0.25) is 5.32 Å². The lowest BCUT2D eigenvalue weighted by Gasteiger charge is -2.16. The van der Waals surface area contributed by atoms with Gasteiger partial charge in [-0.25, -0.2) is 9.97 Å². The number of rotatable bonds is 4. The van der Waals surface area contributed by atoms with Crippen molar-refractivity contribution in [3.63, 3.8) is 0 Å². The van der Waals surface area contributed by atoms with Gasteiger partial charge in [0.1, 0.15) is 5.82 Å². The molecule has 0 amide bonds. The maximum Gasteiger partial charge on any atom is 0.124 e. The lowest BCUT2D eigenvalue weighted by molar-refractivity contribution is 0.474. The van der Waals surface area contributed by atoms with E-state index in [1.54, 1.807) is 11.3 Å². The average Bonchev–Trinajstić information content (AvgIpc) is 3.07. The topological polar surface area (TPSA) is 53.6 Å². The standard InChI is InChI=1S/C14H16N4S/c1-9(13-7-19-8-15-13)16-10(2)14-17-11-5-3-4-6-12(11)18-14/h3-10,16H,1-2H3,(H,17,18). The Bertz CT molecular complexity index is 626. The molecule has 2 atom stereocenters. The van der Waals surface area contributed by atoms with E-state index in [4.69, 9.17) is 0 Å². The highest BCUT2D eigenvalue weighted by Crippen LogP contribution is 2.19. The number of thiazole rings is 1. The second-order valence-corrected chi connectivity index (χ2v) is 5.38. The van der Waals surface area contributed by atoms with Gasteiger partial charge in [0.2, 0.25) is 0 Å². The highest BCUT2D eigenvalue weighted by atomic mass is 32.1. The summed E-state index contributed by atoms with van der Waals surface area (Å²) >= 11 is 1.62. The summed E-state index contributed by atoms with van der Waals surface area (Å²) in [5, 5.41) is 5.58. The van der Waals surface area contributed by atoms with Crippen LogP contribution in [0.2, 0.25) is 0 Å². The molecular formula is C14H16N4S. The van der Waals surface area contributed by atoms with Crippen molar-refractivity contribution >= 4 is 22.4 Å². The number of hydrogen-bond donors (Lipinski definition) is 2. The predicted molar refractivity (Wildman–Crippen MR) is 78.2 cm³/mol. The van der Waals surface area contributed by atoms with E-state index < -0.39 is 0 Å². The van der Waals surface area contributed by atoms with Crippen molar-refractivity contribution in [2.45, 2.75) is 25.9 Å². The fourth-order valence-electron chi connectivity index (χ4n) is 2.15. The number of fused-ring (bicyclic) bond motifs is 1. The van der Waals surface area contributed by atoms with E-state index in [-0.39, 0.29) is 12.1 Å². The molecule has 3 aromatic rings. The zero-order chi connectivity index (χ0) is 13.2. The molecule has 3 rings (SSSR count). The molecule has 98 valence electrons. The monoisotopic (exact) mass is 272 g/mol. The molecule has 0 saturated heterocycles. The summed E-state index contributed by atoms with van der Waals surface area (Å²) in [6.45, 7) is 4.23.